The third-order valence-electron chi connectivity index (χ3n) is 0.891. The van der Waals surface area contributed by atoms with E-state index in [1.54, 1.807) is 0 Å². The van der Waals surface area contributed by atoms with E-state index in [4.69, 9.17) is 4.89 Å². The molecule has 0 aliphatic carbocycles. The summed E-state index contributed by atoms with van der Waals surface area (Å²) in [5, 5.41) is 0. The first kappa shape index (κ1) is 7.92. The lowest BCUT2D eigenvalue weighted by Gasteiger charge is -2.06. The molecule has 8 heavy (non-hydrogen) atoms. The normalized spacial score (nSPS) is 13.9. The van der Waals surface area contributed by atoms with Gasteiger partial charge in [0.2, 0.25) is 0 Å². The average molecular weight is 117 g/mol. The summed E-state index contributed by atoms with van der Waals surface area (Å²) >= 11 is 0. The molecule has 1 radical (unpaired) electrons. The van der Waals surface area contributed by atoms with E-state index >= 15 is 0 Å². The fourth-order valence-corrected chi connectivity index (χ4v) is 0.232. The van der Waals surface area contributed by atoms with Crippen molar-refractivity contribution in [3.63, 3.8) is 0 Å². The smallest absolute Gasteiger partial charge is 0.0899 e. The van der Waals surface area contributed by atoms with Gasteiger partial charge in [-0.15, -0.1) is 0 Å². The summed E-state index contributed by atoms with van der Waals surface area (Å²) in [6.45, 7) is 7.82. The van der Waals surface area contributed by atoms with Gasteiger partial charge in [-0.25, -0.2) is 9.78 Å². The molecule has 0 aromatic heterocycles. The maximum atomic E-state index is 4.78. The first-order valence-electron chi connectivity index (χ1n) is 2.88. The topological polar surface area (TPSA) is 18.5 Å². The Balaban J connectivity index is 2.86. The molecule has 0 spiro atoms. The van der Waals surface area contributed by atoms with E-state index in [0.717, 1.165) is 6.42 Å². The van der Waals surface area contributed by atoms with Gasteiger partial charge < -0.3 is 0 Å². The van der Waals surface area contributed by atoms with Crippen LogP contribution >= 0.6 is 0 Å². The Labute approximate surface area is 50.7 Å². The molecule has 1 unspecified atom stereocenters. The van der Waals surface area contributed by atoms with E-state index in [2.05, 4.69) is 11.8 Å². The van der Waals surface area contributed by atoms with E-state index in [0.29, 0.717) is 6.61 Å². The number of hydrogen-bond donors (Lipinski definition) is 0. The highest BCUT2D eigenvalue weighted by Crippen LogP contribution is 1.94. The maximum absolute atomic E-state index is 4.78. The monoisotopic (exact) mass is 117 g/mol. The Morgan fingerprint density at radius 3 is 2.62 bits per heavy atom. The lowest BCUT2D eigenvalue weighted by molar-refractivity contribution is -0.313. The predicted molar refractivity (Wildman–Crippen MR) is 32.1 cm³/mol. The second-order valence-electron chi connectivity index (χ2n) is 1.64. The molecule has 2 heteroatoms. The lowest BCUT2D eigenvalue weighted by Crippen LogP contribution is -2.06. The molecule has 0 saturated heterocycles. The zero-order valence-corrected chi connectivity index (χ0v) is 5.52. The molecule has 2 nitrogen and oxygen atoms in total. The molecular weight excluding hydrogens is 104 g/mol. The standard InChI is InChI=1S/C6H13O2/c1-4-6(3)8-7-5-2/h6H,2,4-5H2,1,3H3. The lowest BCUT2D eigenvalue weighted by atomic mass is 10.3. The first-order chi connectivity index (χ1) is 3.81. The minimum absolute atomic E-state index is 0.191. The van der Waals surface area contributed by atoms with Gasteiger partial charge in [0.05, 0.1) is 12.7 Å². The summed E-state index contributed by atoms with van der Waals surface area (Å²) in [4.78, 5) is 9.35. The highest BCUT2D eigenvalue weighted by Gasteiger charge is 1.95. The van der Waals surface area contributed by atoms with E-state index in [1.807, 2.05) is 13.8 Å². The van der Waals surface area contributed by atoms with Crippen LogP contribution in [0.3, 0.4) is 0 Å². The van der Waals surface area contributed by atoms with Gasteiger partial charge >= 0.3 is 0 Å². The third kappa shape index (κ3) is 4.09. The Morgan fingerprint density at radius 1 is 1.62 bits per heavy atom. The average Bonchev–Trinajstić information content (AvgIpc) is 1.83. The molecule has 0 amide bonds. The summed E-state index contributed by atoms with van der Waals surface area (Å²) in [7, 11) is 0. The first-order valence-corrected chi connectivity index (χ1v) is 2.88. The minimum atomic E-state index is 0.191. The van der Waals surface area contributed by atoms with Crippen LogP contribution in [0.4, 0.5) is 0 Å². The highest BCUT2D eigenvalue weighted by molar-refractivity contribution is 4.38. The number of hydrogen-bond acceptors (Lipinski definition) is 2. The van der Waals surface area contributed by atoms with Crippen LogP contribution in [0.5, 0.6) is 0 Å². The molecule has 0 rings (SSSR count). The van der Waals surface area contributed by atoms with Crippen LogP contribution in [0.15, 0.2) is 0 Å². The van der Waals surface area contributed by atoms with Gasteiger partial charge in [0.1, 0.15) is 0 Å². The van der Waals surface area contributed by atoms with Crippen LogP contribution in [0.2, 0.25) is 0 Å². The molecule has 0 saturated carbocycles. The second kappa shape index (κ2) is 5.06. The van der Waals surface area contributed by atoms with Gasteiger partial charge in [0, 0.05) is 0 Å². The summed E-state index contributed by atoms with van der Waals surface area (Å²) in [5.41, 5.74) is 0. The molecule has 0 aromatic carbocycles. The SMILES string of the molecule is [CH2]COOC(C)CC. The van der Waals surface area contributed by atoms with Crippen molar-refractivity contribution in [1.29, 1.82) is 0 Å². The highest BCUT2D eigenvalue weighted by atomic mass is 17.2. The van der Waals surface area contributed by atoms with E-state index < -0.39 is 0 Å². The van der Waals surface area contributed by atoms with Gasteiger partial charge in [-0.2, -0.15) is 0 Å². The molecule has 0 aromatic rings. The van der Waals surface area contributed by atoms with Crippen LogP contribution < -0.4 is 0 Å². The van der Waals surface area contributed by atoms with Crippen molar-refractivity contribution in [2.24, 2.45) is 0 Å². The van der Waals surface area contributed by atoms with Crippen molar-refractivity contribution in [3.8, 4) is 0 Å². The van der Waals surface area contributed by atoms with Crippen molar-refractivity contribution >= 4 is 0 Å². The maximum Gasteiger partial charge on any atom is 0.0899 e. The molecule has 0 aliphatic rings. The molecule has 0 aliphatic heterocycles. The van der Waals surface area contributed by atoms with Crippen LogP contribution in [0, 0.1) is 6.92 Å². The van der Waals surface area contributed by atoms with Gasteiger partial charge in [0.15, 0.2) is 0 Å². The molecule has 1 atom stereocenters. The van der Waals surface area contributed by atoms with Gasteiger partial charge in [0.25, 0.3) is 0 Å². The van der Waals surface area contributed by atoms with E-state index in [-0.39, 0.29) is 6.10 Å². The van der Waals surface area contributed by atoms with Crippen molar-refractivity contribution in [1.82, 2.24) is 0 Å². The van der Waals surface area contributed by atoms with Gasteiger partial charge in [-0.1, -0.05) is 6.92 Å². The van der Waals surface area contributed by atoms with Crippen LogP contribution in [0.1, 0.15) is 20.3 Å². The molecular formula is C6H13O2. The van der Waals surface area contributed by atoms with Crippen molar-refractivity contribution in [3.05, 3.63) is 6.92 Å². The largest absolute Gasteiger partial charge is 0.236 e. The van der Waals surface area contributed by atoms with Crippen LogP contribution in [-0.2, 0) is 9.78 Å². The summed E-state index contributed by atoms with van der Waals surface area (Å²) in [5.74, 6) is 0. The Kier molecular flexibility index (Phi) is 5.01. The van der Waals surface area contributed by atoms with Crippen molar-refractivity contribution in [2.45, 2.75) is 26.4 Å². The molecule has 49 valence electrons. The molecule has 0 fully saturated rings. The minimum Gasteiger partial charge on any atom is -0.236 e. The third-order valence-corrected chi connectivity index (χ3v) is 0.891. The van der Waals surface area contributed by atoms with E-state index in [1.165, 1.54) is 0 Å². The molecule has 0 bridgehead atoms. The second-order valence-corrected chi connectivity index (χ2v) is 1.64. The molecule has 0 heterocycles. The van der Waals surface area contributed by atoms with Crippen LogP contribution in [0.25, 0.3) is 0 Å². The Bertz CT molecular complexity index is 45.8. The Hall–Kier alpha value is -0.0800. The Morgan fingerprint density at radius 2 is 2.25 bits per heavy atom. The quantitative estimate of drug-likeness (QED) is 0.411. The summed E-state index contributed by atoms with van der Waals surface area (Å²) in [6.07, 6.45) is 1.16. The summed E-state index contributed by atoms with van der Waals surface area (Å²) in [6, 6.07) is 0. The zero-order valence-electron chi connectivity index (χ0n) is 5.52. The predicted octanol–water partition coefficient (Wildman–Crippen LogP) is 1.57. The number of rotatable bonds is 4. The molecule has 0 N–H and O–H groups in total. The summed E-state index contributed by atoms with van der Waals surface area (Å²) < 4.78 is 0. The van der Waals surface area contributed by atoms with E-state index in [9.17, 15) is 0 Å². The van der Waals surface area contributed by atoms with Crippen molar-refractivity contribution in [2.75, 3.05) is 6.61 Å². The zero-order chi connectivity index (χ0) is 6.41. The van der Waals surface area contributed by atoms with Crippen LogP contribution in [-0.4, -0.2) is 12.7 Å². The fourth-order valence-electron chi connectivity index (χ4n) is 0.232. The fraction of sp³-hybridized carbons (Fsp3) is 0.833. The van der Waals surface area contributed by atoms with Gasteiger partial charge in [-0.05, 0) is 20.3 Å². The van der Waals surface area contributed by atoms with Gasteiger partial charge in [-0.3, -0.25) is 0 Å². The van der Waals surface area contributed by atoms with Crippen molar-refractivity contribution < 1.29 is 9.78 Å².